The van der Waals surface area contributed by atoms with Gasteiger partial charge >= 0.3 is 4.87 Å². The van der Waals surface area contributed by atoms with Crippen LogP contribution in [0.4, 0.5) is 8.78 Å². The Bertz CT molecular complexity index is 1180. The van der Waals surface area contributed by atoms with E-state index in [9.17, 15) is 22.0 Å². The van der Waals surface area contributed by atoms with E-state index < -0.39 is 31.2 Å². The lowest BCUT2D eigenvalue weighted by Crippen LogP contribution is -2.12. The normalized spacial score (nSPS) is 11.3. The van der Waals surface area contributed by atoms with Crippen LogP contribution in [-0.2, 0) is 9.84 Å². The topological polar surface area (TPSA) is 79.9 Å². The van der Waals surface area contributed by atoms with Crippen LogP contribution in [0.15, 0.2) is 51.5 Å². The maximum Gasteiger partial charge on any atom is 0.312 e. The van der Waals surface area contributed by atoms with Gasteiger partial charge in [-0.05, 0) is 36.4 Å². The lowest BCUT2D eigenvalue weighted by molar-refractivity contribution is 0.522. The molecule has 3 aromatic rings. The Kier molecular flexibility index (Phi) is 4.48. The largest absolute Gasteiger partial charge is 0.312 e. The van der Waals surface area contributed by atoms with Gasteiger partial charge in [0.2, 0.25) is 0 Å². The number of benzene rings is 2. The zero-order valence-corrected chi connectivity index (χ0v) is 14.9. The van der Waals surface area contributed by atoms with Gasteiger partial charge in [-0.3, -0.25) is 9.36 Å². The number of nitrogens with zero attached hydrogens (tertiary/aromatic N) is 2. The van der Waals surface area contributed by atoms with E-state index >= 15 is 0 Å². The molecular weight excluding hydrogens is 382 g/mol. The molecule has 2 aromatic carbocycles. The number of nitriles is 1. The molecule has 1 heterocycles. The molecule has 3 rings (SSSR count). The quantitative estimate of drug-likeness (QED) is 0.686. The molecule has 1 aromatic heterocycles. The molecule has 0 fully saturated rings. The summed E-state index contributed by atoms with van der Waals surface area (Å²) in [5, 5.41) is 10.3. The minimum atomic E-state index is -4.07. The van der Waals surface area contributed by atoms with Crippen LogP contribution >= 0.6 is 11.3 Å². The number of rotatable bonds is 3. The summed E-state index contributed by atoms with van der Waals surface area (Å²) in [6.45, 7) is 0. The van der Waals surface area contributed by atoms with Crippen molar-refractivity contribution in [3.8, 4) is 23.0 Å². The molecule has 0 radical (unpaired) electrons. The molecule has 0 saturated heterocycles. The number of thiazole rings is 1. The SMILES string of the molecule is CS(=O)(=O)c1c(F)cc(-c2csc(=O)n2-c2ccc(C#N)cc2)cc1F. The Morgan fingerprint density at radius 2 is 1.69 bits per heavy atom. The highest BCUT2D eigenvalue weighted by molar-refractivity contribution is 7.90. The van der Waals surface area contributed by atoms with Crippen LogP contribution in [0.2, 0.25) is 0 Å². The first kappa shape index (κ1) is 18.0. The van der Waals surface area contributed by atoms with Crippen molar-refractivity contribution in [2.24, 2.45) is 0 Å². The highest BCUT2D eigenvalue weighted by Gasteiger charge is 2.22. The van der Waals surface area contributed by atoms with Gasteiger partial charge in [0.05, 0.1) is 23.0 Å². The Labute approximate surface area is 151 Å². The predicted molar refractivity (Wildman–Crippen MR) is 93.1 cm³/mol. The molecule has 26 heavy (non-hydrogen) atoms. The summed E-state index contributed by atoms with van der Waals surface area (Å²) in [6, 6.07) is 9.80. The molecule has 0 aliphatic carbocycles. The van der Waals surface area contributed by atoms with Gasteiger partial charge in [0.25, 0.3) is 0 Å². The van der Waals surface area contributed by atoms with Gasteiger partial charge in [0.15, 0.2) is 9.84 Å². The Balaban J connectivity index is 2.21. The Morgan fingerprint density at radius 1 is 1.12 bits per heavy atom. The lowest BCUT2D eigenvalue weighted by Gasteiger charge is -2.10. The third-order valence-electron chi connectivity index (χ3n) is 3.61. The van der Waals surface area contributed by atoms with Crippen LogP contribution in [0.3, 0.4) is 0 Å². The molecule has 5 nitrogen and oxygen atoms in total. The molecule has 0 saturated carbocycles. The van der Waals surface area contributed by atoms with E-state index in [4.69, 9.17) is 5.26 Å². The van der Waals surface area contributed by atoms with Gasteiger partial charge in [-0.25, -0.2) is 17.2 Å². The average molecular weight is 392 g/mol. The average Bonchev–Trinajstić information content (AvgIpc) is 2.94. The molecule has 0 bridgehead atoms. The van der Waals surface area contributed by atoms with E-state index in [-0.39, 0.29) is 11.3 Å². The predicted octanol–water partition coefficient (Wildman–Crippen LogP) is 3.12. The third-order valence-corrected chi connectivity index (χ3v) is 5.47. The number of halogens is 2. The monoisotopic (exact) mass is 392 g/mol. The van der Waals surface area contributed by atoms with E-state index in [1.165, 1.54) is 34.2 Å². The van der Waals surface area contributed by atoms with Crippen LogP contribution in [-0.4, -0.2) is 19.2 Å². The standard InChI is InChI=1S/C17H10F2N2O3S2/c1-26(23,24)16-13(18)6-11(7-14(16)19)15-9-25-17(22)21(15)12-4-2-10(8-20)3-5-12/h2-7,9H,1H3. The van der Waals surface area contributed by atoms with Crippen molar-refractivity contribution >= 4 is 21.2 Å². The summed E-state index contributed by atoms with van der Waals surface area (Å²) < 4.78 is 52.7. The Hall–Kier alpha value is -2.83. The van der Waals surface area contributed by atoms with E-state index in [2.05, 4.69) is 0 Å². The Morgan fingerprint density at radius 3 is 2.19 bits per heavy atom. The maximum absolute atomic E-state index is 14.2. The fourth-order valence-corrected chi connectivity index (χ4v) is 4.09. The van der Waals surface area contributed by atoms with E-state index in [0.717, 1.165) is 23.5 Å². The maximum atomic E-state index is 14.2. The molecule has 0 aliphatic rings. The zero-order chi connectivity index (χ0) is 19.1. The first-order valence-electron chi connectivity index (χ1n) is 7.13. The summed E-state index contributed by atoms with van der Waals surface area (Å²) in [7, 11) is -4.07. The van der Waals surface area contributed by atoms with Crippen molar-refractivity contribution in [3.63, 3.8) is 0 Å². The molecular formula is C17H10F2N2O3S2. The fraction of sp³-hybridized carbons (Fsp3) is 0.0588. The van der Waals surface area contributed by atoms with Crippen LogP contribution < -0.4 is 4.87 Å². The molecule has 0 amide bonds. The summed E-state index contributed by atoms with van der Waals surface area (Å²) in [6.07, 6.45) is 0.714. The lowest BCUT2D eigenvalue weighted by atomic mass is 10.1. The van der Waals surface area contributed by atoms with E-state index in [1.54, 1.807) is 0 Å². The molecule has 9 heteroatoms. The summed E-state index contributed by atoms with van der Waals surface area (Å²) in [5.74, 6) is -2.46. The molecule has 0 spiro atoms. The van der Waals surface area contributed by atoms with Crippen LogP contribution in [0.5, 0.6) is 0 Å². The van der Waals surface area contributed by atoms with E-state index in [1.807, 2.05) is 6.07 Å². The first-order valence-corrected chi connectivity index (χ1v) is 9.90. The second-order valence-electron chi connectivity index (χ2n) is 5.42. The van der Waals surface area contributed by atoms with Crippen molar-refractivity contribution in [2.45, 2.75) is 4.90 Å². The van der Waals surface area contributed by atoms with Gasteiger partial charge in [-0.2, -0.15) is 5.26 Å². The smallest absolute Gasteiger partial charge is 0.267 e. The zero-order valence-electron chi connectivity index (χ0n) is 13.2. The van der Waals surface area contributed by atoms with Crippen molar-refractivity contribution in [1.29, 1.82) is 5.26 Å². The first-order chi connectivity index (χ1) is 12.2. The number of aromatic nitrogens is 1. The van der Waals surface area contributed by atoms with Gasteiger partial charge in [-0.15, -0.1) is 0 Å². The van der Waals surface area contributed by atoms with Gasteiger partial charge in [0, 0.05) is 17.2 Å². The van der Waals surface area contributed by atoms with Gasteiger partial charge in [-0.1, -0.05) is 11.3 Å². The number of hydrogen-bond acceptors (Lipinski definition) is 5. The van der Waals surface area contributed by atoms with E-state index in [0.29, 0.717) is 17.5 Å². The molecule has 0 N–H and O–H groups in total. The van der Waals surface area contributed by atoms with Gasteiger partial charge < -0.3 is 0 Å². The minimum absolute atomic E-state index is 0.0232. The summed E-state index contributed by atoms with van der Waals surface area (Å²) >= 11 is 0.831. The second kappa shape index (κ2) is 6.48. The third kappa shape index (κ3) is 3.16. The highest BCUT2D eigenvalue weighted by atomic mass is 32.2. The molecule has 0 unspecified atom stereocenters. The van der Waals surface area contributed by atoms with Crippen LogP contribution in [0.25, 0.3) is 16.9 Å². The number of sulfone groups is 1. The summed E-state index contributed by atoms with van der Waals surface area (Å²) in [4.78, 5) is 10.8. The van der Waals surface area contributed by atoms with Crippen LogP contribution in [0.1, 0.15) is 5.56 Å². The van der Waals surface area contributed by atoms with Crippen molar-refractivity contribution < 1.29 is 17.2 Å². The molecule has 0 aliphatic heterocycles. The molecule has 0 atom stereocenters. The van der Waals surface area contributed by atoms with Gasteiger partial charge in [0.1, 0.15) is 16.5 Å². The van der Waals surface area contributed by atoms with Crippen molar-refractivity contribution in [3.05, 3.63) is 68.6 Å². The highest BCUT2D eigenvalue weighted by Crippen LogP contribution is 2.29. The molecule has 132 valence electrons. The number of hydrogen-bond donors (Lipinski definition) is 0. The van der Waals surface area contributed by atoms with Crippen molar-refractivity contribution in [1.82, 2.24) is 4.57 Å². The van der Waals surface area contributed by atoms with Crippen LogP contribution in [0, 0.1) is 23.0 Å². The minimum Gasteiger partial charge on any atom is -0.267 e. The fourth-order valence-electron chi connectivity index (χ4n) is 2.50. The second-order valence-corrected chi connectivity index (χ2v) is 8.20. The summed E-state index contributed by atoms with van der Waals surface area (Å²) in [5.41, 5.74) is 1.05. The van der Waals surface area contributed by atoms with Crippen molar-refractivity contribution in [2.75, 3.05) is 6.26 Å².